The highest BCUT2D eigenvalue weighted by atomic mass is 16.6. The van der Waals surface area contributed by atoms with Gasteiger partial charge < -0.3 is 15.4 Å². The molecule has 2 rings (SSSR count). The van der Waals surface area contributed by atoms with Crippen LogP contribution in [0.1, 0.15) is 63.5 Å². The summed E-state index contributed by atoms with van der Waals surface area (Å²) in [6.45, 7) is 6.71. The monoisotopic (exact) mass is 346 g/mol. The molecule has 0 radical (unpaired) electrons. The second-order valence-corrected chi connectivity index (χ2v) is 8.09. The summed E-state index contributed by atoms with van der Waals surface area (Å²) < 4.78 is 5.28. The number of benzene rings is 1. The molecule has 4 nitrogen and oxygen atoms in total. The lowest BCUT2D eigenvalue weighted by atomic mass is 9.81. The summed E-state index contributed by atoms with van der Waals surface area (Å²) in [7, 11) is 2.07. The van der Waals surface area contributed by atoms with Crippen molar-refractivity contribution in [1.29, 1.82) is 0 Å². The molecule has 0 amide bonds. The van der Waals surface area contributed by atoms with Crippen molar-refractivity contribution in [3.05, 3.63) is 35.4 Å². The average molecular weight is 347 g/mol. The van der Waals surface area contributed by atoms with Crippen LogP contribution in [0, 0.1) is 0 Å². The van der Waals surface area contributed by atoms with Crippen molar-refractivity contribution in [2.24, 2.45) is 0 Å². The number of esters is 1. The Morgan fingerprint density at radius 1 is 1.12 bits per heavy atom. The van der Waals surface area contributed by atoms with Crippen molar-refractivity contribution in [3.8, 4) is 0 Å². The van der Waals surface area contributed by atoms with Crippen molar-refractivity contribution in [1.82, 2.24) is 10.6 Å². The van der Waals surface area contributed by atoms with Gasteiger partial charge in [-0.2, -0.15) is 0 Å². The van der Waals surface area contributed by atoms with E-state index in [1.54, 1.807) is 0 Å². The van der Waals surface area contributed by atoms with E-state index in [0.29, 0.717) is 12.0 Å². The number of hydrogen-bond donors (Lipinski definition) is 2. The molecule has 1 aliphatic rings. The molecule has 140 valence electrons. The molecule has 0 heterocycles. The zero-order chi connectivity index (χ0) is 18.3. The Balaban J connectivity index is 1.69. The van der Waals surface area contributed by atoms with Gasteiger partial charge in [0.2, 0.25) is 0 Å². The first kappa shape index (κ1) is 19.9. The Bertz CT molecular complexity index is 526. The first-order valence-electron chi connectivity index (χ1n) is 9.56. The van der Waals surface area contributed by atoms with Crippen LogP contribution in [0.4, 0.5) is 0 Å². The van der Waals surface area contributed by atoms with Crippen LogP contribution < -0.4 is 10.6 Å². The Morgan fingerprint density at radius 3 is 2.32 bits per heavy atom. The minimum absolute atomic E-state index is 0.194. The van der Waals surface area contributed by atoms with Crippen LogP contribution in [-0.4, -0.2) is 37.7 Å². The molecule has 4 heteroatoms. The van der Waals surface area contributed by atoms with Crippen LogP contribution in [0.2, 0.25) is 0 Å². The molecule has 0 aromatic heterocycles. The Labute approximate surface area is 152 Å². The van der Waals surface area contributed by atoms with Gasteiger partial charge in [-0.3, -0.25) is 4.79 Å². The van der Waals surface area contributed by atoms with E-state index in [0.717, 1.165) is 13.0 Å². The van der Waals surface area contributed by atoms with Crippen molar-refractivity contribution < 1.29 is 9.53 Å². The van der Waals surface area contributed by atoms with Gasteiger partial charge in [-0.25, -0.2) is 0 Å². The second kappa shape index (κ2) is 9.35. The van der Waals surface area contributed by atoms with Gasteiger partial charge in [-0.05, 0) is 83.5 Å². The molecular formula is C21H34N2O2. The van der Waals surface area contributed by atoms with Gasteiger partial charge in [0.25, 0.3) is 0 Å². The number of carbonyl (C=O) groups excluding carboxylic acids is 1. The van der Waals surface area contributed by atoms with Crippen LogP contribution in [0.25, 0.3) is 0 Å². The van der Waals surface area contributed by atoms with E-state index in [9.17, 15) is 4.79 Å². The standard InChI is InChI=1S/C21H34N2O2/c1-21(2,3)25-20(24)15-23-14-13-16-5-7-17(8-6-16)18-9-11-19(22-4)12-10-18/h5-8,18-19,22-23H,9-15H2,1-4H3/t18-,19-. The van der Waals surface area contributed by atoms with Crippen molar-refractivity contribution in [3.63, 3.8) is 0 Å². The van der Waals surface area contributed by atoms with E-state index >= 15 is 0 Å². The molecule has 25 heavy (non-hydrogen) atoms. The largest absolute Gasteiger partial charge is 0.459 e. The van der Waals surface area contributed by atoms with E-state index in [4.69, 9.17) is 4.74 Å². The number of rotatable bonds is 7. The summed E-state index contributed by atoms with van der Waals surface area (Å²) in [6.07, 6.45) is 6.04. The number of hydrogen-bond acceptors (Lipinski definition) is 4. The molecule has 0 unspecified atom stereocenters. The topological polar surface area (TPSA) is 50.4 Å². The lowest BCUT2D eigenvalue weighted by Crippen LogP contribution is -2.32. The maximum absolute atomic E-state index is 11.6. The van der Waals surface area contributed by atoms with E-state index in [-0.39, 0.29) is 12.5 Å². The minimum atomic E-state index is -0.416. The molecule has 1 aromatic rings. The van der Waals surface area contributed by atoms with Crippen LogP contribution in [0.3, 0.4) is 0 Å². The molecule has 0 bridgehead atoms. The van der Waals surface area contributed by atoms with Gasteiger partial charge in [0, 0.05) is 6.04 Å². The highest BCUT2D eigenvalue weighted by Gasteiger charge is 2.21. The molecule has 0 spiro atoms. The maximum atomic E-state index is 11.6. The van der Waals surface area contributed by atoms with Gasteiger partial charge in [0.1, 0.15) is 5.60 Å². The molecule has 1 aromatic carbocycles. The van der Waals surface area contributed by atoms with Gasteiger partial charge >= 0.3 is 5.97 Å². The van der Waals surface area contributed by atoms with E-state index in [1.165, 1.54) is 36.8 Å². The number of nitrogens with one attached hydrogen (secondary N) is 2. The van der Waals surface area contributed by atoms with Crippen molar-refractivity contribution in [2.45, 2.75) is 70.4 Å². The quantitative estimate of drug-likeness (QED) is 0.587. The lowest BCUT2D eigenvalue weighted by molar-refractivity contribution is -0.153. The van der Waals surface area contributed by atoms with Gasteiger partial charge in [-0.15, -0.1) is 0 Å². The average Bonchev–Trinajstić information content (AvgIpc) is 2.58. The van der Waals surface area contributed by atoms with Crippen LogP contribution in [0.5, 0.6) is 0 Å². The lowest BCUT2D eigenvalue weighted by Gasteiger charge is -2.28. The second-order valence-electron chi connectivity index (χ2n) is 8.09. The molecule has 0 saturated heterocycles. The van der Waals surface area contributed by atoms with Crippen LogP contribution in [-0.2, 0) is 16.0 Å². The molecule has 1 saturated carbocycles. The molecule has 0 aliphatic heterocycles. The summed E-state index contributed by atoms with van der Waals surface area (Å²) in [5.41, 5.74) is 2.37. The molecule has 0 atom stereocenters. The fourth-order valence-electron chi connectivity index (χ4n) is 3.47. The zero-order valence-electron chi connectivity index (χ0n) is 16.2. The third kappa shape index (κ3) is 7.17. The number of ether oxygens (including phenoxy) is 1. The van der Waals surface area contributed by atoms with Gasteiger partial charge in [0.05, 0.1) is 6.54 Å². The summed E-state index contributed by atoms with van der Waals surface area (Å²) in [5.74, 6) is 0.518. The van der Waals surface area contributed by atoms with Crippen LogP contribution in [0.15, 0.2) is 24.3 Å². The Morgan fingerprint density at radius 2 is 1.76 bits per heavy atom. The summed E-state index contributed by atoms with van der Waals surface area (Å²) in [6, 6.07) is 9.73. The Hall–Kier alpha value is -1.39. The highest BCUT2D eigenvalue weighted by Crippen LogP contribution is 2.32. The molecule has 1 fully saturated rings. The highest BCUT2D eigenvalue weighted by molar-refractivity contribution is 5.72. The molecule has 2 N–H and O–H groups in total. The first-order valence-corrected chi connectivity index (χ1v) is 9.56. The third-order valence-corrected chi connectivity index (χ3v) is 4.87. The summed E-state index contributed by atoms with van der Waals surface area (Å²) >= 11 is 0. The molecule has 1 aliphatic carbocycles. The predicted molar refractivity (Wildman–Crippen MR) is 103 cm³/mol. The Kier molecular flexibility index (Phi) is 7.45. The third-order valence-electron chi connectivity index (χ3n) is 4.87. The van der Waals surface area contributed by atoms with E-state index < -0.39 is 5.60 Å². The van der Waals surface area contributed by atoms with Gasteiger partial charge in [0.15, 0.2) is 0 Å². The first-order chi connectivity index (χ1) is 11.9. The minimum Gasteiger partial charge on any atom is -0.459 e. The van der Waals surface area contributed by atoms with Crippen LogP contribution >= 0.6 is 0 Å². The fourth-order valence-corrected chi connectivity index (χ4v) is 3.47. The van der Waals surface area contributed by atoms with Gasteiger partial charge in [-0.1, -0.05) is 24.3 Å². The predicted octanol–water partition coefficient (Wildman–Crippen LogP) is 3.41. The molecular weight excluding hydrogens is 312 g/mol. The number of carbonyl (C=O) groups is 1. The normalized spacial score (nSPS) is 21.1. The fraction of sp³-hybridized carbons (Fsp3) is 0.667. The summed E-state index contributed by atoms with van der Waals surface area (Å²) in [5, 5.41) is 6.56. The maximum Gasteiger partial charge on any atom is 0.320 e. The van der Waals surface area contributed by atoms with E-state index in [2.05, 4.69) is 41.9 Å². The zero-order valence-corrected chi connectivity index (χ0v) is 16.2. The smallest absolute Gasteiger partial charge is 0.320 e. The van der Waals surface area contributed by atoms with E-state index in [1.807, 2.05) is 20.8 Å². The summed E-state index contributed by atoms with van der Waals surface area (Å²) in [4.78, 5) is 11.6. The van der Waals surface area contributed by atoms with Crippen molar-refractivity contribution >= 4 is 5.97 Å². The SMILES string of the molecule is CN[C@H]1CC[C@H](c2ccc(CCNCC(=O)OC(C)(C)C)cc2)CC1. The van der Waals surface area contributed by atoms with Crippen molar-refractivity contribution in [2.75, 3.05) is 20.1 Å².